The molecular weight excluding hydrogens is 220 g/mol. The van der Waals surface area contributed by atoms with Crippen molar-refractivity contribution in [1.29, 1.82) is 0 Å². The maximum absolute atomic E-state index is 3.57. The summed E-state index contributed by atoms with van der Waals surface area (Å²) in [6.07, 6.45) is 5.62. The second-order valence-electron chi connectivity index (χ2n) is 5.36. The lowest BCUT2D eigenvalue weighted by Crippen LogP contribution is -2.32. The Kier molecular flexibility index (Phi) is 5.69. The minimum atomic E-state index is 1.00. The minimum absolute atomic E-state index is 1.00. The first-order valence-electron chi connectivity index (χ1n) is 7.34. The van der Waals surface area contributed by atoms with Gasteiger partial charge in [0.2, 0.25) is 0 Å². The lowest BCUT2D eigenvalue weighted by atomic mass is 10.1. The van der Waals surface area contributed by atoms with Crippen molar-refractivity contribution in [2.75, 3.05) is 26.2 Å². The first kappa shape index (κ1) is 13.6. The molecule has 0 bridgehead atoms. The fourth-order valence-electron chi connectivity index (χ4n) is 2.63. The van der Waals surface area contributed by atoms with Crippen LogP contribution in [0.5, 0.6) is 0 Å². The Morgan fingerprint density at radius 3 is 2.50 bits per heavy atom. The van der Waals surface area contributed by atoms with Crippen molar-refractivity contribution in [3.8, 4) is 0 Å². The Morgan fingerprint density at radius 2 is 1.78 bits per heavy atom. The van der Waals surface area contributed by atoms with Crippen LogP contribution in [-0.4, -0.2) is 31.1 Å². The third kappa shape index (κ3) is 4.43. The number of benzene rings is 1. The monoisotopic (exact) mass is 246 g/mol. The second-order valence-corrected chi connectivity index (χ2v) is 5.36. The summed E-state index contributed by atoms with van der Waals surface area (Å²) in [5, 5.41) is 3.57. The molecule has 2 rings (SSSR count). The molecule has 1 saturated heterocycles. The Hall–Kier alpha value is -0.860. The number of rotatable bonds is 5. The van der Waals surface area contributed by atoms with Crippen LogP contribution in [0.3, 0.4) is 0 Å². The molecule has 0 radical (unpaired) electrons. The topological polar surface area (TPSA) is 15.3 Å². The summed E-state index contributed by atoms with van der Waals surface area (Å²) >= 11 is 0. The van der Waals surface area contributed by atoms with Crippen LogP contribution in [0.4, 0.5) is 0 Å². The van der Waals surface area contributed by atoms with Gasteiger partial charge in [-0.25, -0.2) is 0 Å². The first-order chi connectivity index (χ1) is 8.86. The smallest absolute Gasteiger partial charge is 0.0208 e. The van der Waals surface area contributed by atoms with Gasteiger partial charge in [-0.15, -0.1) is 0 Å². The Labute approximate surface area is 111 Å². The van der Waals surface area contributed by atoms with Gasteiger partial charge in [0.25, 0.3) is 0 Å². The van der Waals surface area contributed by atoms with Crippen LogP contribution in [0.2, 0.25) is 0 Å². The number of nitrogens with one attached hydrogen (secondary N) is 1. The molecule has 100 valence electrons. The largest absolute Gasteiger partial charge is 0.311 e. The predicted molar refractivity (Wildman–Crippen MR) is 77.8 cm³/mol. The normalized spacial score (nSPS) is 17.6. The molecule has 1 aromatic carbocycles. The minimum Gasteiger partial charge on any atom is -0.311 e. The SMILES string of the molecule is Cc1ccccc1CNCCN1CCCCCC1. The summed E-state index contributed by atoms with van der Waals surface area (Å²) in [6, 6.07) is 8.63. The van der Waals surface area contributed by atoms with Crippen molar-refractivity contribution in [2.24, 2.45) is 0 Å². The molecule has 1 aromatic rings. The molecule has 2 heteroatoms. The van der Waals surface area contributed by atoms with E-state index in [9.17, 15) is 0 Å². The summed E-state index contributed by atoms with van der Waals surface area (Å²) in [4.78, 5) is 2.61. The maximum atomic E-state index is 3.57. The van der Waals surface area contributed by atoms with Crippen molar-refractivity contribution in [3.05, 3.63) is 35.4 Å². The van der Waals surface area contributed by atoms with Gasteiger partial charge < -0.3 is 10.2 Å². The molecule has 0 atom stereocenters. The zero-order valence-corrected chi connectivity index (χ0v) is 11.6. The number of likely N-dealkylation sites (tertiary alicyclic amines) is 1. The summed E-state index contributed by atoms with van der Waals surface area (Å²) in [5.74, 6) is 0. The molecule has 1 heterocycles. The van der Waals surface area contributed by atoms with Crippen molar-refractivity contribution < 1.29 is 0 Å². The van der Waals surface area contributed by atoms with E-state index in [0.29, 0.717) is 0 Å². The predicted octanol–water partition coefficient (Wildman–Crippen LogP) is 2.96. The zero-order chi connectivity index (χ0) is 12.6. The number of aryl methyl sites for hydroxylation is 1. The lowest BCUT2D eigenvalue weighted by molar-refractivity contribution is 0.284. The average Bonchev–Trinajstić information content (AvgIpc) is 2.65. The van der Waals surface area contributed by atoms with E-state index in [2.05, 4.69) is 41.4 Å². The van der Waals surface area contributed by atoms with Gasteiger partial charge in [-0.05, 0) is 44.0 Å². The van der Waals surface area contributed by atoms with Crippen molar-refractivity contribution in [1.82, 2.24) is 10.2 Å². The van der Waals surface area contributed by atoms with E-state index in [1.54, 1.807) is 0 Å². The van der Waals surface area contributed by atoms with E-state index >= 15 is 0 Å². The molecule has 1 aliphatic heterocycles. The van der Waals surface area contributed by atoms with Gasteiger partial charge in [-0.3, -0.25) is 0 Å². The third-order valence-corrected chi connectivity index (χ3v) is 3.88. The highest BCUT2D eigenvalue weighted by molar-refractivity contribution is 5.25. The van der Waals surface area contributed by atoms with Crippen molar-refractivity contribution >= 4 is 0 Å². The van der Waals surface area contributed by atoms with Gasteiger partial charge in [0.05, 0.1) is 0 Å². The van der Waals surface area contributed by atoms with Crippen molar-refractivity contribution in [3.63, 3.8) is 0 Å². The molecule has 0 spiro atoms. The van der Waals surface area contributed by atoms with E-state index in [1.807, 2.05) is 0 Å². The van der Waals surface area contributed by atoms with Gasteiger partial charge in [0.1, 0.15) is 0 Å². The Morgan fingerprint density at radius 1 is 1.06 bits per heavy atom. The first-order valence-corrected chi connectivity index (χ1v) is 7.34. The van der Waals surface area contributed by atoms with Gasteiger partial charge in [0.15, 0.2) is 0 Å². The summed E-state index contributed by atoms with van der Waals surface area (Å²) in [5.41, 5.74) is 2.81. The van der Waals surface area contributed by atoms with Gasteiger partial charge in [0, 0.05) is 19.6 Å². The van der Waals surface area contributed by atoms with Crippen LogP contribution in [0.1, 0.15) is 36.8 Å². The molecule has 0 aromatic heterocycles. The highest BCUT2D eigenvalue weighted by Crippen LogP contribution is 2.09. The van der Waals surface area contributed by atoms with Crippen LogP contribution >= 0.6 is 0 Å². The number of nitrogens with zero attached hydrogens (tertiary/aromatic N) is 1. The number of hydrogen-bond donors (Lipinski definition) is 1. The van der Waals surface area contributed by atoms with E-state index in [4.69, 9.17) is 0 Å². The molecule has 0 aliphatic carbocycles. The zero-order valence-electron chi connectivity index (χ0n) is 11.6. The highest BCUT2D eigenvalue weighted by atomic mass is 15.1. The van der Waals surface area contributed by atoms with E-state index in [-0.39, 0.29) is 0 Å². The lowest BCUT2D eigenvalue weighted by Gasteiger charge is -2.19. The molecule has 1 N–H and O–H groups in total. The van der Waals surface area contributed by atoms with E-state index in [0.717, 1.165) is 13.1 Å². The molecule has 1 fully saturated rings. The molecular formula is C16H26N2. The standard InChI is InChI=1S/C16H26N2/c1-15-8-4-5-9-16(15)14-17-10-13-18-11-6-2-3-7-12-18/h4-5,8-9,17H,2-3,6-7,10-14H2,1H3. The van der Waals surface area contributed by atoms with Gasteiger partial charge in [-0.2, -0.15) is 0 Å². The van der Waals surface area contributed by atoms with Crippen LogP contribution in [0.15, 0.2) is 24.3 Å². The summed E-state index contributed by atoms with van der Waals surface area (Å²) in [7, 11) is 0. The second kappa shape index (κ2) is 7.55. The molecule has 2 nitrogen and oxygen atoms in total. The Bertz CT molecular complexity index is 341. The van der Waals surface area contributed by atoms with E-state index < -0.39 is 0 Å². The number of hydrogen-bond acceptors (Lipinski definition) is 2. The van der Waals surface area contributed by atoms with Crippen LogP contribution in [0, 0.1) is 6.92 Å². The molecule has 1 aliphatic rings. The van der Waals surface area contributed by atoms with Crippen LogP contribution in [-0.2, 0) is 6.54 Å². The molecule has 18 heavy (non-hydrogen) atoms. The van der Waals surface area contributed by atoms with Crippen molar-refractivity contribution in [2.45, 2.75) is 39.2 Å². The molecule has 0 unspecified atom stereocenters. The van der Waals surface area contributed by atoms with Crippen LogP contribution in [0.25, 0.3) is 0 Å². The van der Waals surface area contributed by atoms with Crippen LogP contribution < -0.4 is 5.32 Å². The average molecular weight is 246 g/mol. The summed E-state index contributed by atoms with van der Waals surface area (Å²) < 4.78 is 0. The summed E-state index contributed by atoms with van der Waals surface area (Å²) in [6.45, 7) is 8.09. The van der Waals surface area contributed by atoms with Gasteiger partial charge in [-0.1, -0.05) is 37.1 Å². The Balaban J connectivity index is 1.65. The highest BCUT2D eigenvalue weighted by Gasteiger charge is 2.07. The maximum Gasteiger partial charge on any atom is 0.0208 e. The fraction of sp³-hybridized carbons (Fsp3) is 0.625. The quantitative estimate of drug-likeness (QED) is 0.804. The third-order valence-electron chi connectivity index (χ3n) is 3.88. The van der Waals surface area contributed by atoms with E-state index in [1.165, 1.54) is 56.4 Å². The molecule has 0 amide bonds. The molecule has 0 saturated carbocycles. The van der Waals surface area contributed by atoms with Gasteiger partial charge >= 0.3 is 0 Å². The fourth-order valence-corrected chi connectivity index (χ4v) is 2.63.